The van der Waals surface area contributed by atoms with E-state index in [0.717, 1.165) is 62.6 Å². The molecule has 0 amide bonds. The van der Waals surface area contributed by atoms with Gasteiger partial charge in [0.2, 0.25) is 0 Å². The quantitative estimate of drug-likeness (QED) is 0.792. The molecule has 1 aromatic carbocycles. The van der Waals surface area contributed by atoms with Gasteiger partial charge in [-0.05, 0) is 42.2 Å². The van der Waals surface area contributed by atoms with Crippen molar-refractivity contribution in [3.63, 3.8) is 0 Å². The number of morpholine rings is 1. The normalized spacial score (nSPS) is 23.8. The van der Waals surface area contributed by atoms with Gasteiger partial charge in [-0.25, -0.2) is 0 Å². The predicted molar refractivity (Wildman–Crippen MR) is 93.2 cm³/mol. The first kappa shape index (κ1) is 18.0. The first-order chi connectivity index (χ1) is 10.8. The molecule has 1 aliphatic carbocycles. The second-order valence-corrected chi connectivity index (χ2v) is 5.96. The number of hydrogen-bond donors (Lipinski definition) is 0. The fraction of sp³-hybridized carbons (Fsp3) is 0.500. The highest BCUT2D eigenvalue weighted by Crippen LogP contribution is 2.29. The van der Waals surface area contributed by atoms with Gasteiger partial charge in [0.25, 0.3) is 0 Å². The molecule has 23 heavy (non-hydrogen) atoms. The molecule has 4 nitrogen and oxygen atoms in total. The number of nitrogens with zero attached hydrogens (tertiary/aromatic N) is 1. The van der Waals surface area contributed by atoms with Crippen LogP contribution in [0.4, 0.5) is 0 Å². The molecule has 3 rings (SSSR count). The van der Waals surface area contributed by atoms with Crippen molar-refractivity contribution in [2.24, 2.45) is 5.92 Å². The SMILES string of the molecule is COc1ccc(/C=C2\CCC(CN3CCOCC3)C2=O)cc1.Cl. The third kappa shape index (κ3) is 4.56. The van der Waals surface area contributed by atoms with Gasteiger partial charge in [-0.15, -0.1) is 12.4 Å². The summed E-state index contributed by atoms with van der Waals surface area (Å²) in [5.74, 6) is 1.31. The van der Waals surface area contributed by atoms with Crippen LogP contribution in [0.25, 0.3) is 6.08 Å². The minimum atomic E-state index is 0. The summed E-state index contributed by atoms with van der Waals surface area (Å²) in [5.41, 5.74) is 2.03. The molecule has 1 saturated carbocycles. The van der Waals surface area contributed by atoms with Crippen LogP contribution in [0, 0.1) is 5.92 Å². The number of ether oxygens (including phenoxy) is 2. The Balaban J connectivity index is 0.00000192. The van der Waals surface area contributed by atoms with Gasteiger partial charge in [-0.3, -0.25) is 9.69 Å². The second-order valence-electron chi connectivity index (χ2n) is 5.96. The molecular formula is C18H24ClNO3. The molecule has 0 bridgehead atoms. The van der Waals surface area contributed by atoms with Gasteiger partial charge in [0.1, 0.15) is 5.75 Å². The number of carbonyl (C=O) groups is 1. The van der Waals surface area contributed by atoms with E-state index < -0.39 is 0 Å². The Morgan fingerprint density at radius 3 is 2.61 bits per heavy atom. The van der Waals surface area contributed by atoms with Gasteiger partial charge in [0, 0.05) is 25.6 Å². The van der Waals surface area contributed by atoms with Crippen LogP contribution in [-0.2, 0) is 9.53 Å². The van der Waals surface area contributed by atoms with E-state index >= 15 is 0 Å². The van der Waals surface area contributed by atoms with E-state index in [1.165, 1.54) is 0 Å². The van der Waals surface area contributed by atoms with Gasteiger partial charge >= 0.3 is 0 Å². The van der Waals surface area contributed by atoms with Gasteiger partial charge in [0.05, 0.1) is 20.3 Å². The Labute approximate surface area is 143 Å². The van der Waals surface area contributed by atoms with Crippen LogP contribution in [0.5, 0.6) is 5.75 Å². The lowest BCUT2D eigenvalue weighted by Crippen LogP contribution is -2.40. The molecular weight excluding hydrogens is 314 g/mol. The third-order valence-corrected chi connectivity index (χ3v) is 4.49. The van der Waals surface area contributed by atoms with Crippen LogP contribution in [0.1, 0.15) is 18.4 Å². The van der Waals surface area contributed by atoms with Crippen molar-refractivity contribution in [3.8, 4) is 5.75 Å². The highest BCUT2D eigenvalue weighted by Gasteiger charge is 2.30. The molecule has 0 radical (unpaired) electrons. The van der Waals surface area contributed by atoms with E-state index in [2.05, 4.69) is 4.90 Å². The molecule has 1 heterocycles. The Morgan fingerprint density at radius 1 is 1.26 bits per heavy atom. The Hall–Kier alpha value is -1.36. The molecule has 126 valence electrons. The first-order valence-electron chi connectivity index (χ1n) is 7.95. The molecule has 1 aromatic rings. The summed E-state index contributed by atoms with van der Waals surface area (Å²) >= 11 is 0. The van der Waals surface area contributed by atoms with Crippen molar-refractivity contribution >= 4 is 24.3 Å². The van der Waals surface area contributed by atoms with E-state index in [4.69, 9.17) is 9.47 Å². The van der Waals surface area contributed by atoms with Crippen LogP contribution in [-0.4, -0.2) is 50.6 Å². The van der Waals surface area contributed by atoms with Crippen LogP contribution in [0.15, 0.2) is 29.8 Å². The summed E-state index contributed by atoms with van der Waals surface area (Å²) < 4.78 is 10.5. The zero-order chi connectivity index (χ0) is 15.4. The zero-order valence-electron chi connectivity index (χ0n) is 13.5. The molecule has 0 spiro atoms. The largest absolute Gasteiger partial charge is 0.497 e. The van der Waals surface area contributed by atoms with Crippen LogP contribution in [0.2, 0.25) is 0 Å². The van der Waals surface area contributed by atoms with Crippen molar-refractivity contribution < 1.29 is 14.3 Å². The van der Waals surface area contributed by atoms with E-state index in [0.29, 0.717) is 5.78 Å². The van der Waals surface area contributed by atoms with E-state index in [1.807, 2.05) is 30.3 Å². The summed E-state index contributed by atoms with van der Waals surface area (Å²) in [5, 5.41) is 0. The number of halogens is 1. The maximum absolute atomic E-state index is 12.6. The highest BCUT2D eigenvalue weighted by atomic mass is 35.5. The maximum atomic E-state index is 12.6. The van der Waals surface area contributed by atoms with Crippen molar-refractivity contribution in [2.75, 3.05) is 40.0 Å². The first-order valence-corrected chi connectivity index (χ1v) is 7.95. The fourth-order valence-electron chi connectivity index (χ4n) is 3.16. The summed E-state index contributed by atoms with van der Waals surface area (Å²) in [4.78, 5) is 14.9. The number of rotatable bonds is 4. The van der Waals surface area contributed by atoms with Gasteiger partial charge in [-0.1, -0.05) is 12.1 Å². The molecule has 0 N–H and O–H groups in total. The molecule has 5 heteroatoms. The van der Waals surface area contributed by atoms with Gasteiger partial charge in [-0.2, -0.15) is 0 Å². The molecule has 0 aromatic heterocycles. The maximum Gasteiger partial charge on any atom is 0.163 e. The van der Waals surface area contributed by atoms with Gasteiger partial charge < -0.3 is 9.47 Å². The Morgan fingerprint density at radius 2 is 1.96 bits per heavy atom. The number of hydrogen-bond acceptors (Lipinski definition) is 4. The van der Waals surface area contributed by atoms with Crippen LogP contribution >= 0.6 is 12.4 Å². The van der Waals surface area contributed by atoms with Crippen molar-refractivity contribution in [3.05, 3.63) is 35.4 Å². The van der Waals surface area contributed by atoms with Crippen LogP contribution < -0.4 is 4.74 Å². The molecule has 1 aliphatic heterocycles. The highest BCUT2D eigenvalue weighted by molar-refractivity contribution is 6.03. The smallest absolute Gasteiger partial charge is 0.163 e. The number of ketones is 1. The number of benzene rings is 1. The minimum absolute atomic E-state index is 0. The monoisotopic (exact) mass is 337 g/mol. The lowest BCUT2D eigenvalue weighted by Gasteiger charge is -2.28. The number of allylic oxidation sites excluding steroid dienone is 1. The summed E-state index contributed by atoms with van der Waals surface area (Å²) in [7, 11) is 1.66. The average Bonchev–Trinajstić information content (AvgIpc) is 2.90. The van der Waals surface area contributed by atoms with Crippen molar-refractivity contribution in [1.82, 2.24) is 4.90 Å². The lowest BCUT2D eigenvalue weighted by atomic mass is 10.0. The molecule has 2 fully saturated rings. The molecule has 1 unspecified atom stereocenters. The van der Waals surface area contributed by atoms with E-state index in [-0.39, 0.29) is 18.3 Å². The second kappa shape index (κ2) is 8.48. The number of methoxy groups -OCH3 is 1. The minimum Gasteiger partial charge on any atom is -0.497 e. The van der Waals surface area contributed by atoms with E-state index in [9.17, 15) is 4.79 Å². The zero-order valence-corrected chi connectivity index (χ0v) is 14.3. The fourth-order valence-corrected chi connectivity index (χ4v) is 3.16. The van der Waals surface area contributed by atoms with Crippen LogP contribution in [0.3, 0.4) is 0 Å². The topological polar surface area (TPSA) is 38.8 Å². The number of Topliss-reactive ketones (excluding diaryl/α,β-unsaturated/α-hetero) is 1. The molecule has 1 atom stereocenters. The standard InChI is InChI=1S/C18H23NO3.ClH/c1-21-17-6-2-14(3-7-17)12-15-4-5-16(18(15)20)13-19-8-10-22-11-9-19;/h2-3,6-7,12,16H,4-5,8-11,13H2,1H3;1H/b15-12+;. The third-order valence-electron chi connectivity index (χ3n) is 4.49. The summed E-state index contributed by atoms with van der Waals surface area (Å²) in [6.45, 7) is 4.34. The molecule has 1 saturated heterocycles. The predicted octanol–water partition coefficient (Wildman–Crippen LogP) is 2.81. The lowest BCUT2D eigenvalue weighted by molar-refractivity contribution is -0.118. The van der Waals surface area contributed by atoms with E-state index in [1.54, 1.807) is 7.11 Å². The Bertz CT molecular complexity index is 550. The summed E-state index contributed by atoms with van der Waals surface area (Å²) in [6, 6.07) is 7.84. The average molecular weight is 338 g/mol. The van der Waals surface area contributed by atoms with Gasteiger partial charge in [0.15, 0.2) is 5.78 Å². The number of carbonyl (C=O) groups excluding carboxylic acids is 1. The Kier molecular flexibility index (Phi) is 6.63. The summed E-state index contributed by atoms with van der Waals surface area (Å²) in [6.07, 6.45) is 3.89. The van der Waals surface area contributed by atoms with Crippen molar-refractivity contribution in [2.45, 2.75) is 12.8 Å². The van der Waals surface area contributed by atoms with Crippen molar-refractivity contribution in [1.29, 1.82) is 0 Å². The molecule has 2 aliphatic rings.